The highest BCUT2D eigenvalue weighted by Gasteiger charge is 2.48. The summed E-state index contributed by atoms with van der Waals surface area (Å²) in [5.74, 6) is -1.95. The molecule has 2 fully saturated rings. The lowest BCUT2D eigenvalue weighted by atomic mass is 9.80. The molecule has 33 heavy (non-hydrogen) atoms. The maximum Gasteiger partial charge on any atom is 0.352 e. The number of rotatable bonds is 8. The van der Waals surface area contributed by atoms with Crippen LogP contribution in [0.25, 0.3) is 5.76 Å². The van der Waals surface area contributed by atoms with Crippen LogP contribution >= 0.6 is 0 Å². The molecule has 0 amide bonds. The van der Waals surface area contributed by atoms with Gasteiger partial charge in [0.25, 0.3) is 6.43 Å². The van der Waals surface area contributed by atoms with Crippen LogP contribution in [0.4, 0.5) is 17.7 Å². The van der Waals surface area contributed by atoms with E-state index in [0.717, 1.165) is 30.0 Å². The lowest BCUT2D eigenvalue weighted by Crippen LogP contribution is -2.34. The van der Waals surface area contributed by atoms with Crippen LogP contribution < -0.4 is 0 Å². The maximum atomic E-state index is 13.5. The van der Waals surface area contributed by atoms with Crippen molar-refractivity contribution in [2.45, 2.75) is 57.4 Å². The third-order valence-electron chi connectivity index (χ3n) is 6.57. The second kappa shape index (κ2) is 8.64. The predicted octanol–water partition coefficient (Wildman–Crippen LogP) is 5.74. The summed E-state index contributed by atoms with van der Waals surface area (Å²) in [6.07, 6.45) is -0.769. The quantitative estimate of drug-likeness (QED) is 0.216. The van der Waals surface area contributed by atoms with Crippen LogP contribution in [0.2, 0.25) is 0 Å². The number of alkyl halides is 2. The molecule has 2 aliphatic rings. The highest BCUT2D eigenvalue weighted by atomic mass is 19.3. The van der Waals surface area contributed by atoms with Gasteiger partial charge in [-0.05, 0) is 68.9 Å². The molecule has 1 heterocycles. The molecule has 10 heteroatoms. The molecule has 0 aliphatic heterocycles. The number of hydrogen-bond acceptors (Lipinski definition) is 5. The lowest BCUT2D eigenvalue weighted by molar-refractivity contribution is -0.193. The van der Waals surface area contributed by atoms with Crippen molar-refractivity contribution in [1.82, 2.24) is 9.78 Å². The summed E-state index contributed by atoms with van der Waals surface area (Å²) in [7, 11) is 0. The molecule has 1 aromatic heterocycles. The van der Waals surface area contributed by atoms with Crippen molar-refractivity contribution in [2.75, 3.05) is 0 Å². The van der Waals surface area contributed by atoms with E-state index in [1.54, 1.807) is 13.0 Å². The fraction of sp³-hybridized carbons (Fsp3) is 0.435. The predicted molar refractivity (Wildman–Crippen MR) is 111 cm³/mol. The fourth-order valence-electron chi connectivity index (χ4n) is 4.42. The van der Waals surface area contributed by atoms with E-state index >= 15 is 0 Å². The van der Waals surface area contributed by atoms with Crippen molar-refractivity contribution >= 4 is 17.4 Å². The lowest BCUT2D eigenvalue weighted by Gasteiger charge is -2.33. The average molecular weight is 465 g/mol. The van der Waals surface area contributed by atoms with Gasteiger partial charge in [-0.15, -0.1) is 0 Å². The van der Waals surface area contributed by atoms with Crippen molar-refractivity contribution in [1.29, 1.82) is 0 Å². The van der Waals surface area contributed by atoms with Gasteiger partial charge in [0.05, 0.1) is 17.7 Å². The second-order valence-corrected chi connectivity index (χ2v) is 8.65. The Morgan fingerprint density at radius 1 is 1.30 bits per heavy atom. The highest BCUT2D eigenvalue weighted by molar-refractivity contribution is 5.96. The minimum atomic E-state index is -2.81. The first-order chi connectivity index (χ1) is 15.7. The Morgan fingerprint density at radius 2 is 2.00 bits per heavy atom. The summed E-state index contributed by atoms with van der Waals surface area (Å²) in [6.45, 7) is 7.44. The number of halogens is 4. The number of aryl methyl sites for hydroxylation is 1. The van der Waals surface area contributed by atoms with Gasteiger partial charge in [-0.3, -0.25) is 9.62 Å². The second-order valence-electron chi connectivity index (χ2n) is 8.65. The molecule has 2 aromatic rings. The Hall–Kier alpha value is -3.17. The van der Waals surface area contributed by atoms with Crippen molar-refractivity contribution < 1.29 is 32.3 Å². The van der Waals surface area contributed by atoms with E-state index in [2.05, 4.69) is 21.8 Å². The van der Waals surface area contributed by atoms with E-state index in [9.17, 15) is 22.5 Å². The minimum Gasteiger partial charge on any atom is -0.355 e. The van der Waals surface area contributed by atoms with Crippen LogP contribution in [0.1, 0.15) is 67.6 Å². The zero-order chi connectivity index (χ0) is 23.9. The molecule has 0 radical (unpaired) electrons. The molecule has 0 saturated heterocycles. The van der Waals surface area contributed by atoms with Gasteiger partial charge in [0, 0.05) is 9.94 Å². The number of benzene rings is 1. The highest BCUT2D eigenvalue weighted by Crippen LogP contribution is 2.50. The van der Waals surface area contributed by atoms with Crippen LogP contribution in [0.5, 0.6) is 0 Å². The monoisotopic (exact) mass is 465 g/mol. The molecular formula is C23H23F4N3O3. The molecule has 0 bridgehead atoms. The maximum absolute atomic E-state index is 13.5. The molecule has 176 valence electrons. The number of carbonyl (C=O) groups excluding carboxylic acids is 1. The van der Waals surface area contributed by atoms with Crippen LogP contribution in [-0.4, -0.2) is 21.5 Å². The van der Waals surface area contributed by atoms with Crippen molar-refractivity contribution in [3.63, 3.8) is 0 Å². The largest absolute Gasteiger partial charge is 0.355 e. The summed E-state index contributed by atoms with van der Waals surface area (Å²) in [4.78, 5) is 20.1. The van der Waals surface area contributed by atoms with Crippen LogP contribution in [0.15, 0.2) is 36.0 Å². The van der Waals surface area contributed by atoms with Gasteiger partial charge in [-0.2, -0.15) is 5.10 Å². The summed E-state index contributed by atoms with van der Waals surface area (Å²) < 4.78 is 53.5. The summed E-state index contributed by atoms with van der Waals surface area (Å²) in [6, 6.07) is 5.38. The summed E-state index contributed by atoms with van der Waals surface area (Å²) in [5.41, 5.74) is 1.80. The van der Waals surface area contributed by atoms with E-state index in [0.29, 0.717) is 5.71 Å². The van der Waals surface area contributed by atoms with Crippen LogP contribution in [-0.2, 0) is 20.0 Å². The molecule has 6 nitrogen and oxygen atoms in total. The van der Waals surface area contributed by atoms with E-state index < -0.39 is 30.0 Å². The van der Waals surface area contributed by atoms with Gasteiger partial charge in [-0.1, -0.05) is 17.8 Å². The third kappa shape index (κ3) is 4.26. The zero-order valence-electron chi connectivity index (χ0n) is 18.2. The minimum absolute atomic E-state index is 0.0110. The van der Waals surface area contributed by atoms with E-state index in [1.807, 2.05) is 6.92 Å². The van der Waals surface area contributed by atoms with Crippen LogP contribution in [0.3, 0.4) is 0 Å². The fourth-order valence-corrected chi connectivity index (χ4v) is 4.42. The van der Waals surface area contributed by atoms with Gasteiger partial charge in [-0.25, -0.2) is 18.0 Å². The van der Waals surface area contributed by atoms with Gasteiger partial charge in [0.15, 0.2) is 5.76 Å². The number of aromatic nitrogens is 2. The van der Waals surface area contributed by atoms with Gasteiger partial charge in [0.1, 0.15) is 17.2 Å². The van der Waals surface area contributed by atoms with Crippen LogP contribution in [0, 0.1) is 18.7 Å². The molecule has 2 saturated carbocycles. The first-order valence-corrected chi connectivity index (χ1v) is 10.5. The van der Waals surface area contributed by atoms with Crippen molar-refractivity contribution in [2.24, 2.45) is 11.1 Å². The first kappa shape index (κ1) is 23.0. The molecular weight excluding hydrogens is 442 g/mol. The van der Waals surface area contributed by atoms with E-state index in [-0.39, 0.29) is 35.5 Å². The standard InChI is InChI=1S/C23H23F4N3O3/c1-12-8-16(24)4-5-18(12)23(6-7-23)14(3)29-33-13(2)20-11-19(21(25)26)28-30(20)17-9-15(10-17)22(31)32-27/h4-5,8,11,15,17,21H,2,6-7,9-10H2,1,3H3/b29-14+. The number of nitrogens with zero attached hydrogens (tertiary/aromatic N) is 3. The number of hydrogen-bond donors (Lipinski definition) is 0. The van der Waals surface area contributed by atoms with Gasteiger partial charge in [0.2, 0.25) is 0 Å². The van der Waals surface area contributed by atoms with Gasteiger partial charge >= 0.3 is 5.97 Å². The van der Waals surface area contributed by atoms with Crippen molar-refractivity contribution in [3.05, 3.63) is 59.2 Å². The Balaban J connectivity index is 1.52. The van der Waals surface area contributed by atoms with Gasteiger partial charge < -0.3 is 4.84 Å². The summed E-state index contributed by atoms with van der Waals surface area (Å²) >= 11 is 0. The SMILES string of the molecule is C=C(O/N=C(\C)C1(c2ccc(F)cc2C)CC1)c1cc(C(F)F)nn1C1CC(C(=O)OF)C1. The zero-order valence-corrected chi connectivity index (χ0v) is 18.2. The summed E-state index contributed by atoms with van der Waals surface area (Å²) in [5, 5.41) is 8.12. The number of carbonyl (C=O) groups is 1. The van der Waals surface area contributed by atoms with E-state index in [4.69, 9.17) is 4.84 Å². The molecule has 4 rings (SSSR count). The molecule has 2 aliphatic carbocycles. The number of oxime groups is 1. The first-order valence-electron chi connectivity index (χ1n) is 10.5. The average Bonchev–Trinajstić information content (AvgIpc) is 3.42. The Bertz CT molecular complexity index is 1120. The third-order valence-corrected chi connectivity index (χ3v) is 6.57. The smallest absolute Gasteiger partial charge is 0.352 e. The molecule has 0 spiro atoms. The topological polar surface area (TPSA) is 65.7 Å². The Kier molecular flexibility index (Phi) is 6.02. The van der Waals surface area contributed by atoms with E-state index in [1.165, 1.54) is 16.8 Å². The normalized spacial score (nSPS) is 21.5. The Labute approximate surface area is 187 Å². The Morgan fingerprint density at radius 3 is 2.58 bits per heavy atom. The molecule has 1 aromatic carbocycles. The molecule has 0 unspecified atom stereocenters. The van der Waals surface area contributed by atoms with Crippen molar-refractivity contribution in [3.8, 4) is 0 Å². The molecule has 0 N–H and O–H groups in total. The molecule has 0 atom stereocenters.